The third-order valence-corrected chi connectivity index (χ3v) is 10.6. The van der Waals surface area contributed by atoms with Crippen LogP contribution in [-0.4, -0.2) is 101 Å². The van der Waals surface area contributed by atoms with Crippen LogP contribution in [0.3, 0.4) is 0 Å². The van der Waals surface area contributed by atoms with Gasteiger partial charge in [0.25, 0.3) is 0 Å². The standard InChI is InChI=1S/C48H87NO12/c1-7-11-15-17-19-21-34-56-42(50)28-23-30-44(52)58-37-48(39-60-46(54)32-25-33-49(5)6,40-61-47(55)36-41(26-13-9-3)27-14-10-4)38-59-45(53)31-24-29-43(51)57-35-22-20-18-16-12-8-2/h41H,7-40H2,1-6H3. The predicted octanol–water partition coefficient (Wildman–Crippen LogP) is 10.0. The summed E-state index contributed by atoms with van der Waals surface area (Å²) in [5, 5.41) is 0. The molecular formula is C48H87NO12. The van der Waals surface area contributed by atoms with E-state index in [0.717, 1.165) is 77.0 Å². The minimum absolute atomic E-state index is 0.0552. The molecule has 61 heavy (non-hydrogen) atoms. The van der Waals surface area contributed by atoms with E-state index in [9.17, 15) is 28.8 Å². The van der Waals surface area contributed by atoms with Gasteiger partial charge in [-0.15, -0.1) is 0 Å². The van der Waals surface area contributed by atoms with Crippen LogP contribution < -0.4 is 0 Å². The molecule has 0 rings (SSSR count). The second-order valence-electron chi connectivity index (χ2n) is 17.1. The molecule has 0 heterocycles. The molecule has 0 bridgehead atoms. The maximum Gasteiger partial charge on any atom is 0.306 e. The Kier molecular flexibility index (Phi) is 37.5. The molecule has 0 amide bonds. The lowest BCUT2D eigenvalue weighted by atomic mass is 9.91. The summed E-state index contributed by atoms with van der Waals surface area (Å²) in [5.41, 5.74) is -1.41. The van der Waals surface area contributed by atoms with Crippen molar-refractivity contribution in [3.63, 3.8) is 0 Å². The van der Waals surface area contributed by atoms with Gasteiger partial charge in [0.2, 0.25) is 0 Å². The molecule has 0 aromatic heterocycles. The number of unbranched alkanes of at least 4 members (excludes halogenated alkanes) is 12. The van der Waals surface area contributed by atoms with E-state index in [4.69, 9.17) is 28.4 Å². The lowest BCUT2D eigenvalue weighted by Gasteiger charge is -2.32. The van der Waals surface area contributed by atoms with Crippen LogP contribution in [0.15, 0.2) is 0 Å². The molecule has 0 saturated heterocycles. The zero-order valence-electron chi connectivity index (χ0n) is 39.5. The SMILES string of the molecule is CCCCCCCCOC(=O)CCCC(=O)OCC(COC(=O)CCCC(=O)OCCCCCCCC)(COC(=O)CCCN(C)C)COC(=O)CC(CCCC)CCCC. The van der Waals surface area contributed by atoms with Crippen molar-refractivity contribution in [2.75, 3.05) is 60.3 Å². The molecule has 0 saturated carbocycles. The van der Waals surface area contributed by atoms with Gasteiger partial charge in [0.1, 0.15) is 31.8 Å². The Balaban J connectivity index is 5.72. The van der Waals surface area contributed by atoms with E-state index in [-0.39, 0.29) is 95.7 Å². The van der Waals surface area contributed by atoms with E-state index in [2.05, 4.69) is 27.7 Å². The fraction of sp³-hybridized carbons (Fsp3) is 0.875. The summed E-state index contributed by atoms with van der Waals surface area (Å²) < 4.78 is 33.6. The van der Waals surface area contributed by atoms with Crippen molar-refractivity contribution in [3.05, 3.63) is 0 Å². The molecule has 0 aliphatic carbocycles. The second kappa shape index (κ2) is 39.6. The molecule has 0 radical (unpaired) electrons. The minimum atomic E-state index is -1.41. The Labute approximate surface area is 369 Å². The average Bonchev–Trinajstić information content (AvgIpc) is 3.23. The lowest BCUT2D eigenvalue weighted by Crippen LogP contribution is -2.44. The molecule has 0 aliphatic rings. The van der Waals surface area contributed by atoms with Gasteiger partial charge in [-0.1, -0.05) is 118 Å². The molecule has 0 spiro atoms. The van der Waals surface area contributed by atoms with E-state index < -0.39 is 29.3 Å². The molecule has 356 valence electrons. The number of esters is 6. The molecule has 0 unspecified atom stereocenters. The van der Waals surface area contributed by atoms with Gasteiger partial charge in [-0.25, -0.2) is 0 Å². The third kappa shape index (κ3) is 36.0. The van der Waals surface area contributed by atoms with Crippen molar-refractivity contribution in [1.29, 1.82) is 0 Å². The summed E-state index contributed by atoms with van der Waals surface area (Å²) in [7, 11) is 3.81. The van der Waals surface area contributed by atoms with Crippen molar-refractivity contribution in [3.8, 4) is 0 Å². The van der Waals surface area contributed by atoms with Crippen LogP contribution in [0, 0.1) is 11.3 Å². The largest absolute Gasteiger partial charge is 0.466 e. The summed E-state index contributed by atoms with van der Waals surface area (Å²) in [6.07, 6.45) is 20.0. The van der Waals surface area contributed by atoms with Gasteiger partial charge in [0.05, 0.1) is 13.2 Å². The highest BCUT2D eigenvalue weighted by Gasteiger charge is 2.38. The number of hydrogen-bond donors (Lipinski definition) is 0. The average molecular weight is 870 g/mol. The van der Waals surface area contributed by atoms with Gasteiger partial charge in [-0.3, -0.25) is 28.8 Å². The monoisotopic (exact) mass is 870 g/mol. The first-order valence-electron chi connectivity index (χ1n) is 24.0. The smallest absolute Gasteiger partial charge is 0.306 e. The second-order valence-corrected chi connectivity index (χ2v) is 17.1. The van der Waals surface area contributed by atoms with Crippen molar-refractivity contribution in [2.45, 2.75) is 201 Å². The Hall–Kier alpha value is -3.22. The van der Waals surface area contributed by atoms with E-state index in [1.165, 1.54) is 38.5 Å². The van der Waals surface area contributed by atoms with Gasteiger partial charge in [-0.2, -0.15) is 0 Å². The molecule has 0 atom stereocenters. The molecule has 13 nitrogen and oxygen atoms in total. The van der Waals surface area contributed by atoms with Gasteiger partial charge in [0, 0.05) is 38.5 Å². The van der Waals surface area contributed by atoms with Gasteiger partial charge < -0.3 is 33.3 Å². The summed E-state index contributed by atoms with van der Waals surface area (Å²) in [4.78, 5) is 78.8. The highest BCUT2D eigenvalue weighted by atomic mass is 16.6. The Bertz CT molecular complexity index is 1100. The zero-order valence-corrected chi connectivity index (χ0v) is 39.5. The van der Waals surface area contributed by atoms with Crippen molar-refractivity contribution >= 4 is 35.8 Å². The van der Waals surface area contributed by atoms with Gasteiger partial charge >= 0.3 is 35.8 Å². The maximum atomic E-state index is 13.3. The topological polar surface area (TPSA) is 161 Å². The number of rotatable bonds is 42. The van der Waals surface area contributed by atoms with Crippen LogP contribution in [-0.2, 0) is 57.2 Å². The molecule has 0 aliphatic heterocycles. The summed E-state index contributed by atoms with van der Waals surface area (Å²) in [6.45, 7) is 8.50. The van der Waals surface area contributed by atoms with Crippen molar-refractivity contribution < 1.29 is 57.2 Å². The normalized spacial score (nSPS) is 11.4. The van der Waals surface area contributed by atoms with Crippen LogP contribution in [0.2, 0.25) is 0 Å². The Morgan fingerprint density at radius 2 is 0.721 bits per heavy atom. The molecule has 13 heteroatoms. The minimum Gasteiger partial charge on any atom is -0.466 e. The van der Waals surface area contributed by atoms with Crippen LogP contribution in [0.1, 0.15) is 201 Å². The summed E-state index contributed by atoms with van der Waals surface area (Å²) >= 11 is 0. The molecule has 0 fully saturated rings. The highest BCUT2D eigenvalue weighted by Crippen LogP contribution is 2.25. The summed E-state index contributed by atoms with van der Waals surface area (Å²) in [5.74, 6) is -2.75. The Morgan fingerprint density at radius 1 is 0.393 bits per heavy atom. The first-order chi connectivity index (χ1) is 29.4. The number of nitrogens with zero attached hydrogens (tertiary/aromatic N) is 1. The number of carbonyl (C=O) groups excluding carboxylic acids is 6. The maximum absolute atomic E-state index is 13.3. The van der Waals surface area contributed by atoms with Crippen LogP contribution >= 0.6 is 0 Å². The number of hydrogen-bond acceptors (Lipinski definition) is 13. The van der Waals surface area contributed by atoms with Crippen LogP contribution in [0.25, 0.3) is 0 Å². The third-order valence-electron chi connectivity index (χ3n) is 10.6. The highest BCUT2D eigenvalue weighted by molar-refractivity contribution is 5.73. The van der Waals surface area contributed by atoms with Gasteiger partial charge in [-0.05, 0) is 71.5 Å². The molecule has 0 aromatic carbocycles. The Morgan fingerprint density at radius 3 is 1.10 bits per heavy atom. The van der Waals surface area contributed by atoms with Crippen molar-refractivity contribution in [1.82, 2.24) is 4.90 Å². The van der Waals surface area contributed by atoms with Crippen LogP contribution in [0.4, 0.5) is 0 Å². The quantitative estimate of drug-likeness (QED) is 0.0324. The zero-order chi connectivity index (χ0) is 45.4. The molecule has 0 aromatic rings. The first kappa shape index (κ1) is 57.8. The fourth-order valence-corrected chi connectivity index (χ4v) is 6.60. The van der Waals surface area contributed by atoms with E-state index >= 15 is 0 Å². The molecule has 0 N–H and O–H groups in total. The van der Waals surface area contributed by atoms with Crippen molar-refractivity contribution in [2.24, 2.45) is 11.3 Å². The summed E-state index contributed by atoms with van der Waals surface area (Å²) in [6, 6.07) is 0. The first-order valence-corrected chi connectivity index (χ1v) is 24.0. The lowest BCUT2D eigenvalue weighted by molar-refractivity contribution is -0.171. The van der Waals surface area contributed by atoms with Crippen LogP contribution in [0.5, 0.6) is 0 Å². The van der Waals surface area contributed by atoms with E-state index in [1.807, 2.05) is 19.0 Å². The van der Waals surface area contributed by atoms with Gasteiger partial charge in [0.15, 0.2) is 0 Å². The molecular weight excluding hydrogens is 783 g/mol. The predicted molar refractivity (Wildman–Crippen MR) is 238 cm³/mol. The van der Waals surface area contributed by atoms with E-state index in [0.29, 0.717) is 26.2 Å². The fourth-order valence-electron chi connectivity index (χ4n) is 6.60. The number of ether oxygens (including phenoxy) is 6. The number of carbonyl (C=O) groups is 6. The van der Waals surface area contributed by atoms with E-state index in [1.54, 1.807) is 0 Å².